The summed E-state index contributed by atoms with van der Waals surface area (Å²) in [6.45, 7) is 2.03. The van der Waals surface area contributed by atoms with Gasteiger partial charge in [-0.1, -0.05) is 37.3 Å². The van der Waals surface area contributed by atoms with E-state index in [9.17, 15) is 8.76 Å². The molecule has 4 heteroatoms. The fraction of sp³-hybridized carbons (Fsp3) is 0.167. The maximum atomic E-state index is 10.6. The van der Waals surface area contributed by atoms with E-state index in [4.69, 9.17) is 4.18 Å². The summed E-state index contributed by atoms with van der Waals surface area (Å²) in [7, 11) is 0. The quantitative estimate of drug-likeness (QED) is 0.768. The second kappa shape index (κ2) is 4.63. The fourth-order valence-corrected chi connectivity index (χ4v) is 2.08. The van der Waals surface area contributed by atoms with Crippen LogP contribution in [0.4, 0.5) is 0 Å². The van der Waals surface area contributed by atoms with E-state index in [0.29, 0.717) is 5.75 Å². The van der Waals surface area contributed by atoms with Crippen LogP contribution in [0.1, 0.15) is 12.5 Å². The van der Waals surface area contributed by atoms with Crippen molar-refractivity contribution in [2.24, 2.45) is 0 Å². The van der Waals surface area contributed by atoms with E-state index in [0.717, 1.165) is 23.1 Å². The molecule has 0 amide bonds. The van der Waals surface area contributed by atoms with Crippen LogP contribution < -0.4 is 4.18 Å². The molecule has 0 saturated heterocycles. The SMILES string of the molecule is CCc1cc(OS(=O)[O-])c2cccccc1-2. The number of fused-ring (bicyclic) bond motifs is 1. The molecule has 0 heterocycles. The molecule has 0 aliphatic heterocycles. The maximum absolute atomic E-state index is 10.6. The van der Waals surface area contributed by atoms with Gasteiger partial charge in [-0.05, 0) is 23.6 Å². The van der Waals surface area contributed by atoms with Crippen LogP contribution in [0.15, 0.2) is 36.4 Å². The van der Waals surface area contributed by atoms with Crippen LogP contribution in [0.25, 0.3) is 11.1 Å². The van der Waals surface area contributed by atoms with Crippen molar-refractivity contribution in [2.75, 3.05) is 0 Å². The Labute approximate surface area is 96.9 Å². The van der Waals surface area contributed by atoms with Gasteiger partial charge in [-0.2, -0.15) is 0 Å². The van der Waals surface area contributed by atoms with Gasteiger partial charge in [0.2, 0.25) is 0 Å². The van der Waals surface area contributed by atoms with Gasteiger partial charge in [-0.15, -0.1) is 0 Å². The molecule has 0 fully saturated rings. The summed E-state index contributed by atoms with van der Waals surface area (Å²) in [6.07, 6.45) is 0.843. The van der Waals surface area contributed by atoms with E-state index in [2.05, 4.69) is 0 Å². The van der Waals surface area contributed by atoms with E-state index in [1.807, 2.05) is 37.3 Å². The highest BCUT2D eigenvalue weighted by molar-refractivity contribution is 7.74. The largest absolute Gasteiger partial charge is 0.740 e. The molecule has 0 aromatic heterocycles. The van der Waals surface area contributed by atoms with Crippen molar-refractivity contribution < 1.29 is 12.9 Å². The molecule has 2 aliphatic carbocycles. The van der Waals surface area contributed by atoms with Gasteiger partial charge in [-0.25, -0.2) is 4.21 Å². The Morgan fingerprint density at radius 2 is 1.94 bits per heavy atom. The molecule has 0 saturated carbocycles. The summed E-state index contributed by atoms with van der Waals surface area (Å²) >= 11 is -2.53. The standard InChI is InChI=1S/C12H12O3S/c1-2-9-8-12(15-16(13)14)11-7-5-3-4-6-10(9)11/h3-8H,2H2,1H3,(H,13,14)/p-1. The van der Waals surface area contributed by atoms with Crippen molar-refractivity contribution in [3.63, 3.8) is 0 Å². The van der Waals surface area contributed by atoms with Gasteiger partial charge in [-0.3, -0.25) is 0 Å². The monoisotopic (exact) mass is 235 g/mol. The molecular weight excluding hydrogens is 224 g/mol. The smallest absolute Gasteiger partial charge is 0.147 e. The second-order valence-corrected chi connectivity index (χ2v) is 3.99. The van der Waals surface area contributed by atoms with Crippen molar-refractivity contribution in [3.05, 3.63) is 42.0 Å². The van der Waals surface area contributed by atoms with Crippen LogP contribution in [-0.2, 0) is 17.8 Å². The molecule has 16 heavy (non-hydrogen) atoms. The molecule has 0 N–H and O–H groups in total. The molecule has 0 bridgehead atoms. The predicted octanol–water partition coefficient (Wildman–Crippen LogP) is 2.53. The zero-order valence-corrected chi connectivity index (χ0v) is 9.62. The van der Waals surface area contributed by atoms with E-state index in [1.165, 1.54) is 0 Å². The predicted molar refractivity (Wildman–Crippen MR) is 62.0 cm³/mol. The Morgan fingerprint density at radius 1 is 1.25 bits per heavy atom. The fourth-order valence-electron chi connectivity index (χ4n) is 1.79. The van der Waals surface area contributed by atoms with Crippen molar-refractivity contribution in [1.29, 1.82) is 0 Å². The van der Waals surface area contributed by atoms with E-state index in [-0.39, 0.29) is 0 Å². The Kier molecular flexibility index (Phi) is 3.22. The molecule has 1 atom stereocenters. The van der Waals surface area contributed by atoms with E-state index >= 15 is 0 Å². The number of rotatable bonds is 3. The molecule has 0 spiro atoms. The molecule has 0 aromatic carbocycles. The minimum absolute atomic E-state index is 0.399. The summed E-state index contributed by atoms with van der Waals surface area (Å²) in [5.41, 5.74) is 2.95. The van der Waals surface area contributed by atoms with Gasteiger partial charge in [0, 0.05) is 5.56 Å². The highest BCUT2D eigenvalue weighted by Gasteiger charge is 2.14. The molecule has 2 rings (SSSR count). The third-order valence-electron chi connectivity index (χ3n) is 2.49. The van der Waals surface area contributed by atoms with Crippen LogP contribution >= 0.6 is 0 Å². The lowest BCUT2D eigenvalue weighted by molar-refractivity contribution is 0.441. The normalized spacial score (nSPS) is 12.6. The van der Waals surface area contributed by atoms with Gasteiger partial charge in [0.1, 0.15) is 17.1 Å². The Morgan fingerprint density at radius 3 is 2.56 bits per heavy atom. The first kappa shape index (κ1) is 11.1. The average Bonchev–Trinajstić information content (AvgIpc) is 2.45. The van der Waals surface area contributed by atoms with Crippen LogP contribution in [0.2, 0.25) is 0 Å². The van der Waals surface area contributed by atoms with Crippen molar-refractivity contribution in [2.45, 2.75) is 13.3 Å². The van der Waals surface area contributed by atoms with Gasteiger partial charge in [0.05, 0.1) is 0 Å². The summed E-state index contributed by atoms with van der Waals surface area (Å²) in [6, 6.07) is 11.3. The average molecular weight is 235 g/mol. The lowest BCUT2D eigenvalue weighted by atomic mass is 10.1. The summed E-state index contributed by atoms with van der Waals surface area (Å²) in [4.78, 5) is 0. The van der Waals surface area contributed by atoms with Gasteiger partial charge >= 0.3 is 0 Å². The molecule has 84 valence electrons. The maximum Gasteiger partial charge on any atom is 0.147 e. The van der Waals surface area contributed by atoms with Gasteiger partial charge in [0.25, 0.3) is 0 Å². The zero-order chi connectivity index (χ0) is 11.5. The third kappa shape index (κ3) is 2.08. The van der Waals surface area contributed by atoms with Gasteiger partial charge < -0.3 is 8.74 Å². The van der Waals surface area contributed by atoms with Crippen molar-refractivity contribution in [1.82, 2.24) is 0 Å². The van der Waals surface area contributed by atoms with E-state index < -0.39 is 11.4 Å². The lowest BCUT2D eigenvalue weighted by Gasteiger charge is -2.06. The topological polar surface area (TPSA) is 49.4 Å². The molecule has 1 unspecified atom stereocenters. The van der Waals surface area contributed by atoms with Crippen LogP contribution in [0.5, 0.6) is 5.75 Å². The van der Waals surface area contributed by atoms with Crippen LogP contribution in [-0.4, -0.2) is 8.76 Å². The molecule has 0 radical (unpaired) electrons. The highest BCUT2D eigenvalue weighted by atomic mass is 32.2. The number of hydrogen-bond acceptors (Lipinski definition) is 3. The lowest BCUT2D eigenvalue weighted by Crippen LogP contribution is -1.97. The Bertz CT molecular complexity index is 496. The number of aryl methyl sites for hydroxylation is 1. The Balaban J connectivity index is 2.56. The molecule has 3 nitrogen and oxygen atoms in total. The number of hydrogen-bond donors (Lipinski definition) is 0. The Hall–Kier alpha value is -1.39. The highest BCUT2D eigenvalue weighted by Crippen LogP contribution is 2.37. The van der Waals surface area contributed by atoms with Crippen LogP contribution in [0, 0.1) is 0 Å². The third-order valence-corrected chi connectivity index (χ3v) is 2.81. The van der Waals surface area contributed by atoms with Crippen LogP contribution in [0.3, 0.4) is 0 Å². The molecule has 2 aliphatic rings. The first-order valence-corrected chi connectivity index (χ1v) is 6.00. The minimum atomic E-state index is -2.53. The summed E-state index contributed by atoms with van der Waals surface area (Å²) in [5, 5.41) is 0. The van der Waals surface area contributed by atoms with Crippen molar-refractivity contribution in [3.8, 4) is 16.9 Å². The first-order valence-electron chi connectivity index (χ1n) is 5.00. The first-order chi connectivity index (χ1) is 7.72. The molecular formula is C12H11O3S-. The minimum Gasteiger partial charge on any atom is -0.740 e. The summed E-state index contributed by atoms with van der Waals surface area (Å²) in [5.74, 6) is 0.399. The zero-order valence-electron chi connectivity index (χ0n) is 8.80. The van der Waals surface area contributed by atoms with Gasteiger partial charge in [0.15, 0.2) is 0 Å². The van der Waals surface area contributed by atoms with Crippen molar-refractivity contribution >= 4 is 11.4 Å². The second-order valence-electron chi connectivity index (χ2n) is 3.41. The summed E-state index contributed by atoms with van der Waals surface area (Å²) < 4.78 is 25.9. The van der Waals surface area contributed by atoms with E-state index in [1.54, 1.807) is 6.07 Å². The molecule has 0 aromatic rings.